The van der Waals surface area contributed by atoms with Crippen molar-refractivity contribution in [1.82, 2.24) is 15.5 Å². The van der Waals surface area contributed by atoms with Gasteiger partial charge < -0.3 is 24.7 Å². The first-order chi connectivity index (χ1) is 12.1. The molecular weight excluding hydrogens is 326 g/mol. The Bertz CT molecular complexity index is 565. The molecule has 1 aliphatic rings. The molecule has 1 aliphatic heterocycles. The lowest BCUT2D eigenvalue weighted by Gasteiger charge is -2.31. The highest BCUT2D eigenvalue weighted by Gasteiger charge is 2.27. The maximum absolute atomic E-state index is 12.2. The quantitative estimate of drug-likeness (QED) is 0.770. The molecule has 2 heterocycles. The van der Waals surface area contributed by atoms with Gasteiger partial charge in [0, 0.05) is 32.0 Å². The van der Waals surface area contributed by atoms with E-state index in [9.17, 15) is 14.4 Å². The van der Waals surface area contributed by atoms with Crippen molar-refractivity contribution in [3.8, 4) is 0 Å². The fourth-order valence-electron chi connectivity index (χ4n) is 2.73. The summed E-state index contributed by atoms with van der Waals surface area (Å²) in [7, 11) is 0. The van der Waals surface area contributed by atoms with Crippen LogP contribution in [0.1, 0.15) is 31.9 Å². The zero-order chi connectivity index (χ0) is 18.1. The van der Waals surface area contributed by atoms with Crippen molar-refractivity contribution < 1.29 is 23.5 Å². The lowest BCUT2D eigenvalue weighted by Crippen LogP contribution is -2.43. The number of alkyl carbamates (subject to hydrolysis) is 1. The van der Waals surface area contributed by atoms with Crippen LogP contribution in [0.5, 0.6) is 0 Å². The Kier molecular flexibility index (Phi) is 7.31. The van der Waals surface area contributed by atoms with Crippen molar-refractivity contribution in [3.05, 3.63) is 24.2 Å². The molecule has 3 amide bonds. The maximum atomic E-state index is 12.2. The van der Waals surface area contributed by atoms with Gasteiger partial charge in [-0.1, -0.05) is 0 Å². The van der Waals surface area contributed by atoms with Gasteiger partial charge >= 0.3 is 6.09 Å². The minimum absolute atomic E-state index is 0.00697. The molecule has 0 spiro atoms. The summed E-state index contributed by atoms with van der Waals surface area (Å²) in [5.74, 6) is 0.602. The molecule has 0 aliphatic carbocycles. The maximum Gasteiger partial charge on any atom is 0.407 e. The average Bonchev–Trinajstić information content (AvgIpc) is 3.13. The fraction of sp³-hybridized carbons (Fsp3) is 0.588. The second-order valence-corrected chi connectivity index (χ2v) is 5.85. The fourth-order valence-corrected chi connectivity index (χ4v) is 2.73. The van der Waals surface area contributed by atoms with E-state index in [-0.39, 0.29) is 30.7 Å². The predicted molar refractivity (Wildman–Crippen MR) is 89.5 cm³/mol. The number of furan rings is 1. The number of carbonyl (C=O) groups excluding carboxylic acids is 3. The normalized spacial score (nSPS) is 14.8. The number of hydrogen-bond donors (Lipinski definition) is 2. The number of nitrogens with one attached hydrogen (secondary N) is 2. The van der Waals surface area contributed by atoms with E-state index in [0.29, 0.717) is 39.1 Å². The van der Waals surface area contributed by atoms with E-state index in [2.05, 4.69) is 10.6 Å². The van der Waals surface area contributed by atoms with Crippen molar-refractivity contribution >= 4 is 17.9 Å². The summed E-state index contributed by atoms with van der Waals surface area (Å²) in [6, 6.07) is 3.59. The van der Waals surface area contributed by atoms with Gasteiger partial charge in [-0.2, -0.15) is 0 Å². The van der Waals surface area contributed by atoms with E-state index in [1.165, 1.54) is 0 Å². The summed E-state index contributed by atoms with van der Waals surface area (Å²) in [6.07, 6.45) is 2.57. The zero-order valence-electron chi connectivity index (χ0n) is 14.5. The van der Waals surface area contributed by atoms with Crippen LogP contribution in [0.4, 0.5) is 4.79 Å². The Morgan fingerprint density at radius 1 is 1.28 bits per heavy atom. The molecule has 2 N–H and O–H groups in total. The standard InChI is InChI=1S/C17H25N3O5/c1-2-24-17(23)18-8-5-15(21)20-9-6-13(7-10-20)16(22)19-12-14-4-3-11-25-14/h3-4,11,13H,2,5-10,12H2,1H3,(H,18,23)(H,19,22). The van der Waals surface area contributed by atoms with E-state index in [1.54, 1.807) is 24.2 Å². The number of ether oxygens (including phenoxy) is 1. The topological polar surface area (TPSA) is 101 Å². The monoisotopic (exact) mass is 351 g/mol. The SMILES string of the molecule is CCOC(=O)NCCC(=O)N1CCC(C(=O)NCc2ccco2)CC1. The van der Waals surface area contributed by atoms with Crippen LogP contribution in [0, 0.1) is 5.92 Å². The molecule has 8 nitrogen and oxygen atoms in total. The highest BCUT2D eigenvalue weighted by atomic mass is 16.5. The molecule has 0 saturated carbocycles. The Morgan fingerprint density at radius 3 is 2.68 bits per heavy atom. The molecule has 8 heteroatoms. The highest BCUT2D eigenvalue weighted by molar-refractivity contribution is 5.80. The molecule has 0 radical (unpaired) electrons. The molecule has 0 bridgehead atoms. The Labute approximate surface area is 146 Å². The van der Waals surface area contributed by atoms with Gasteiger partial charge in [-0.15, -0.1) is 0 Å². The minimum atomic E-state index is -0.512. The third kappa shape index (κ3) is 6.13. The van der Waals surface area contributed by atoms with E-state index in [0.717, 1.165) is 5.76 Å². The summed E-state index contributed by atoms with van der Waals surface area (Å²) < 4.78 is 9.92. The smallest absolute Gasteiger partial charge is 0.407 e. The third-order valence-corrected chi connectivity index (χ3v) is 4.12. The van der Waals surface area contributed by atoms with Crippen molar-refractivity contribution in [1.29, 1.82) is 0 Å². The van der Waals surface area contributed by atoms with Gasteiger partial charge in [0.1, 0.15) is 5.76 Å². The number of nitrogens with zero attached hydrogens (tertiary/aromatic N) is 1. The number of piperidine rings is 1. The molecule has 1 aromatic heterocycles. The number of hydrogen-bond acceptors (Lipinski definition) is 5. The van der Waals surface area contributed by atoms with Crippen molar-refractivity contribution in [2.75, 3.05) is 26.2 Å². The van der Waals surface area contributed by atoms with Gasteiger partial charge in [0.15, 0.2) is 0 Å². The number of carbonyl (C=O) groups is 3. The molecular formula is C17H25N3O5. The van der Waals surface area contributed by atoms with Crippen LogP contribution in [-0.4, -0.2) is 49.0 Å². The minimum Gasteiger partial charge on any atom is -0.467 e. The van der Waals surface area contributed by atoms with Crippen LogP contribution in [0.2, 0.25) is 0 Å². The summed E-state index contributed by atoms with van der Waals surface area (Å²) >= 11 is 0. The summed E-state index contributed by atoms with van der Waals surface area (Å²) in [6.45, 7) is 3.76. The second-order valence-electron chi connectivity index (χ2n) is 5.85. The van der Waals surface area contributed by atoms with Crippen LogP contribution in [0.3, 0.4) is 0 Å². The molecule has 0 aromatic carbocycles. The molecule has 1 fully saturated rings. The largest absolute Gasteiger partial charge is 0.467 e. The first kappa shape index (κ1) is 18.8. The van der Waals surface area contributed by atoms with Crippen molar-refractivity contribution in [3.63, 3.8) is 0 Å². The van der Waals surface area contributed by atoms with E-state index < -0.39 is 6.09 Å². The molecule has 1 saturated heterocycles. The summed E-state index contributed by atoms with van der Waals surface area (Å²) in [4.78, 5) is 37.2. The summed E-state index contributed by atoms with van der Waals surface area (Å²) in [5, 5.41) is 5.39. The number of amides is 3. The lowest BCUT2D eigenvalue weighted by molar-refractivity contribution is -0.135. The predicted octanol–water partition coefficient (Wildman–Crippen LogP) is 1.27. The third-order valence-electron chi connectivity index (χ3n) is 4.12. The molecule has 138 valence electrons. The highest BCUT2D eigenvalue weighted by Crippen LogP contribution is 2.18. The van der Waals surface area contributed by atoms with E-state index in [1.807, 2.05) is 6.07 Å². The number of likely N-dealkylation sites (tertiary alicyclic amines) is 1. The van der Waals surface area contributed by atoms with Crippen LogP contribution in [-0.2, 0) is 20.9 Å². The molecule has 0 unspecified atom stereocenters. The van der Waals surface area contributed by atoms with Gasteiger partial charge in [-0.05, 0) is 31.9 Å². The molecule has 25 heavy (non-hydrogen) atoms. The Hall–Kier alpha value is -2.51. The summed E-state index contributed by atoms with van der Waals surface area (Å²) in [5.41, 5.74) is 0. The molecule has 0 atom stereocenters. The van der Waals surface area contributed by atoms with Crippen LogP contribution in [0.25, 0.3) is 0 Å². The molecule has 1 aromatic rings. The average molecular weight is 351 g/mol. The van der Waals surface area contributed by atoms with Crippen LogP contribution >= 0.6 is 0 Å². The van der Waals surface area contributed by atoms with Crippen LogP contribution in [0.15, 0.2) is 22.8 Å². The molecule has 2 rings (SSSR count). The van der Waals surface area contributed by atoms with E-state index in [4.69, 9.17) is 9.15 Å². The number of rotatable bonds is 7. The van der Waals surface area contributed by atoms with Gasteiger partial charge in [0.25, 0.3) is 0 Å². The van der Waals surface area contributed by atoms with E-state index >= 15 is 0 Å². The van der Waals surface area contributed by atoms with Gasteiger partial charge in [-0.25, -0.2) is 4.79 Å². The van der Waals surface area contributed by atoms with Gasteiger partial charge in [0.05, 0.1) is 19.4 Å². The van der Waals surface area contributed by atoms with Gasteiger partial charge in [0.2, 0.25) is 11.8 Å². The van der Waals surface area contributed by atoms with Crippen molar-refractivity contribution in [2.45, 2.75) is 32.7 Å². The lowest BCUT2D eigenvalue weighted by atomic mass is 9.95. The second kappa shape index (κ2) is 9.71. The van der Waals surface area contributed by atoms with Gasteiger partial charge in [-0.3, -0.25) is 9.59 Å². The first-order valence-electron chi connectivity index (χ1n) is 8.58. The van der Waals surface area contributed by atoms with Crippen molar-refractivity contribution in [2.24, 2.45) is 5.92 Å². The zero-order valence-corrected chi connectivity index (χ0v) is 14.5. The Morgan fingerprint density at radius 2 is 2.04 bits per heavy atom. The van der Waals surface area contributed by atoms with Crippen LogP contribution < -0.4 is 10.6 Å². The first-order valence-corrected chi connectivity index (χ1v) is 8.58. The Balaban J connectivity index is 1.63.